The molecule has 2 heterocycles. The summed E-state index contributed by atoms with van der Waals surface area (Å²) in [6, 6.07) is 7.87. The summed E-state index contributed by atoms with van der Waals surface area (Å²) in [7, 11) is 0. The molecule has 2 atom stereocenters. The summed E-state index contributed by atoms with van der Waals surface area (Å²) in [5.74, 6) is 0.0982. The lowest BCUT2D eigenvalue weighted by atomic mass is 9.91. The van der Waals surface area contributed by atoms with Crippen molar-refractivity contribution in [1.29, 1.82) is 0 Å². The molecule has 0 bridgehead atoms. The van der Waals surface area contributed by atoms with Crippen LogP contribution in [0.5, 0.6) is 0 Å². The second kappa shape index (κ2) is 12.9. The van der Waals surface area contributed by atoms with Gasteiger partial charge in [-0.05, 0) is 55.7 Å². The molecule has 0 radical (unpaired) electrons. The van der Waals surface area contributed by atoms with Crippen LogP contribution in [0.2, 0.25) is 0 Å². The van der Waals surface area contributed by atoms with Gasteiger partial charge in [0.2, 0.25) is 0 Å². The Balaban J connectivity index is 1.49. The van der Waals surface area contributed by atoms with Gasteiger partial charge < -0.3 is 14.9 Å². The Hall–Kier alpha value is -2.02. The highest BCUT2D eigenvalue weighted by Gasteiger charge is 2.29. The number of nitrogens with zero attached hydrogens (tertiary/aromatic N) is 1. The van der Waals surface area contributed by atoms with E-state index in [1.807, 2.05) is 18.2 Å². The fourth-order valence-corrected chi connectivity index (χ4v) is 4.68. The first-order valence-corrected chi connectivity index (χ1v) is 12.0. The van der Waals surface area contributed by atoms with E-state index in [-0.39, 0.29) is 18.2 Å². The Morgan fingerprint density at radius 1 is 1.19 bits per heavy atom. The maximum absolute atomic E-state index is 12.4. The van der Waals surface area contributed by atoms with Gasteiger partial charge >= 0.3 is 5.97 Å². The molecular weight excluding hydrogens is 406 g/mol. The fraction of sp³-hybridized carbons (Fsp3) is 0.615. The summed E-state index contributed by atoms with van der Waals surface area (Å²) >= 11 is 0. The van der Waals surface area contributed by atoms with Crippen molar-refractivity contribution in [2.45, 2.75) is 69.9 Å². The summed E-state index contributed by atoms with van der Waals surface area (Å²) in [4.78, 5) is 25.1. The molecule has 1 aromatic carbocycles. The van der Waals surface area contributed by atoms with Crippen molar-refractivity contribution >= 4 is 11.8 Å². The van der Waals surface area contributed by atoms with E-state index in [2.05, 4.69) is 17.0 Å². The predicted octanol–water partition coefficient (Wildman–Crippen LogP) is 3.92. The molecule has 0 aromatic heterocycles. The molecule has 3 rings (SSSR count). The molecule has 1 aromatic rings. The highest BCUT2D eigenvalue weighted by molar-refractivity contribution is 5.88. The number of aliphatic hydroxyl groups is 1. The number of likely N-dealkylation sites (tertiary alicyclic amines) is 1. The quantitative estimate of drug-likeness (QED) is 0.376. The van der Waals surface area contributed by atoms with Gasteiger partial charge in [0.15, 0.2) is 5.78 Å². The topological polar surface area (TPSA) is 87.1 Å². The maximum atomic E-state index is 12.4. The molecule has 6 heteroatoms. The van der Waals surface area contributed by atoms with Crippen LogP contribution < -0.4 is 0 Å². The van der Waals surface area contributed by atoms with E-state index in [1.54, 1.807) is 6.08 Å². The number of ether oxygens (including phenoxy) is 1. The monoisotopic (exact) mass is 443 g/mol. The number of hydrogen-bond donors (Lipinski definition) is 2. The third-order valence-electron chi connectivity index (χ3n) is 6.59. The van der Waals surface area contributed by atoms with Crippen molar-refractivity contribution < 1.29 is 24.5 Å². The second-order valence-electron chi connectivity index (χ2n) is 9.09. The van der Waals surface area contributed by atoms with Crippen LogP contribution in [0.15, 0.2) is 36.4 Å². The second-order valence-corrected chi connectivity index (χ2v) is 9.09. The average Bonchev–Trinajstić information content (AvgIpc) is 3.14. The van der Waals surface area contributed by atoms with Crippen molar-refractivity contribution in [1.82, 2.24) is 4.90 Å². The number of aliphatic carboxylic acids is 1. The molecule has 0 saturated carbocycles. The maximum Gasteiger partial charge on any atom is 0.303 e. The van der Waals surface area contributed by atoms with E-state index >= 15 is 0 Å². The minimum absolute atomic E-state index is 0.201. The number of carboxylic acids is 1. The zero-order chi connectivity index (χ0) is 22.8. The molecule has 2 saturated heterocycles. The number of Topliss-reactive ketones (excluding diaryl/α,β-unsaturated/α-hetero) is 1. The van der Waals surface area contributed by atoms with E-state index in [1.165, 1.54) is 5.56 Å². The van der Waals surface area contributed by atoms with Gasteiger partial charge in [0, 0.05) is 32.6 Å². The van der Waals surface area contributed by atoms with Crippen LogP contribution in [0.1, 0.15) is 68.6 Å². The Labute approximate surface area is 191 Å². The number of rotatable bonds is 12. The van der Waals surface area contributed by atoms with Gasteiger partial charge in [-0.3, -0.25) is 14.5 Å². The van der Waals surface area contributed by atoms with Crippen LogP contribution in [0.3, 0.4) is 0 Å². The normalized spacial score (nSPS) is 21.4. The lowest BCUT2D eigenvalue weighted by Gasteiger charge is -2.22. The lowest BCUT2D eigenvalue weighted by Crippen LogP contribution is -2.32. The molecule has 0 amide bonds. The lowest BCUT2D eigenvalue weighted by molar-refractivity contribution is -0.137. The van der Waals surface area contributed by atoms with Crippen LogP contribution >= 0.6 is 0 Å². The van der Waals surface area contributed by atoms with Gasteiger partial charge in [-0.25, -0.2) is 0 Å². The molecule has 2 N–H and O–H groups in total. The van der Waals surface area contributed by atoms with Gasteiger partial charge in [-0.2, -0.15) is 0 Å². The minimum Gasteiger partial charge on any atom is -0.481 e. The molecule has 2 aliphatic heterocycles. The highest BCUT2D eigenvalue weighted by Crippen LogP contribution is 2.24. The largest absolute Gasteiger partial charge is 0.481 e. The molecule has 0 spiro atoms. The van der Waals surface area contributed by atoms with Crippen molar-refractivity contribution in [3.63, 3.8) is 0 Å². The van der Waals surface area contributed by atoms with Crippen LogP contribution in [-0.4, -0.2) is 59.2 Å². The van der Waals surface area contributed by atoms with Crippen molar-refractivity contribution in [2.75, 3.05) is 26.3 Å². The third-order valence-corrected chi connectivity index (χ3v) is 6.59. The summed E-state index contributed by atoms with van der Waals surface area (Å²) in [6.45, 7) is 3.25. The third kappa shape index (κ3) is 7.84. The van der Waals surface area contributed by atoms with Crippen LogP contribution in [0, 0.1) is 5.92 Å². The number of hydrogen-bond acceptors (Lipinski definition) is 5. The molecule has 6 nitrogen and oxygen atoms in total. The summed E-state index contributed by atoms with van der Waals surface area (Å²) in [5, 5.41) is 19.4. The SMILES string of the molecule is O=C(O)CCCCCCN1CCC(=O)C1C=C[C@@H](O)c1cccc(CC2CCOCC2)c1. The Kier molecular flexibility index (Phi) is 9.90. The summed E-state index contributed by atoms with van der Waals surface area (Å²) in [5.41, 5.74) is 2.10. The standard InChI is InChI=1S/C26H37NO5/c28-24(22-7-5-6-21(19-22)18-20-12-16-32-17-13-20)10-9-23-25(29)11-15-27(23)14-4-2-1-3-8-26(30)31/h5-7,9-10,19-20,23-24,28H,1-4,8,11-18H2,(H,30,31)/t23?,24-/m1/s1. The first-order valence-electron chi connectivity index (χ1n) is 12.0. The molecule has 0 aliphatic carbocycles. The number of carbonyl (C=O) groups is 2. The van der Waals surface area contributed by atoms with Crippen molar-refractivity contribution in [3.8, 4) is 0 Å². The zero-order valence-corrected chi connectivity index (χ0v) is 19.0. The Morgan fingerprint density at radius 3 is 2.75 bits per heavy atom. The summed E-state index contributed by atoms with van der Waals surface area (Å²) in [6.07, 6.45) is 10.4. The van der Waals surface area contributed by atoms with Gasteiger partial charge in [-0.1, -0.05) is 49.3 Å². The molecule has 176 valence electrons. The van der Waals surface area contributed by atoms with Crippen LogP contribution in [0.4, 0.5) is 0 Å². The van der Waals surface area contributed by atoms with E-state index in [4.69, 9.17) is 9.84 Å². The first-order chi connectivity index (χ1) is 15.5. The van der Waals surface area contributed by atoms with Crippen LogP contribution in [-0.2, 0) is 20.7 Å². The smallest absolute Gasteiger partial charge is 0.303 e. The van der Waals surface area contributed by atoms with Crippen molar-refractivity contribution in [2.24, 2.45) is 5.92 Å². The van der Waals surface area contributed by atoms with Crippen LogP contribution in [0.25, 0.3) is 0 Å². The van der Waals surface area contributed by atoms with Crippen molar-refractivity contribution in [3.05, 3.63) is 47.5 Å². The van der Waals surface area contributed by atoms with E-state index in [0.29, 0.717) is 18.8 Å². The van der Waals surface area contributed by atoms with Gasteiger partial charge in [0.25, 0.3) is 0 Å². The van der Waals surface area contributed by atoms with E-state index in [0.717, 1.165) is 70.4 Å². The number of carboxylic acid groups (broad SMARTS) is 1. The number of aliphatic hydroxyl groups excluding tert-OH is 1. The predicted molar refractivity (Wildman–Crippen MR) is 123 cm³/mol. The summed E-state index contributed by atoms with van der Waals surface area (Å²) < 4.78 is 5.45. The van der Waals surface area contributed by atoms with Gasteiger partial charge in [0.1, 0.15) is 0 Å². The van der Waals surface area contributed by atoms with E-state index < -0.39 is 12.1 Å². The average molecular weight is 444 g/mol. The molecule has 2 fully saturated rings. The first kappa shape index (κ1) is 24.6. The molecule has 1 unspecified atom stereocenters. The van der Waals surface area contributed by atoms with Gasteiger partial charge in [0.05, 0.1) is 12.1 Å². The van der Waals surface area contributed by atoms with E-state index in [9.17, 15) is 14.7 Å². The molecular formula is C26H37NO5. The Morgan fingerprint density at radius 2 is 1.97 bits per heavy atom. The number of unbranched alkanes of at least 4 members (excludes halogenated alkanes) is 3. The fourth-order valence-electron chi connectivity index (χ4n) is 4.68. The molecule has 2 aliphatic rings. The number of benzene rings is 1. The number of carbonyl (C=O) groups excluding carboxylic acids is 1. The Bertz CT molecular complexity index is 771. The van der Waals surface area contributed by atoms with Gasteiger partial charge in [-0.15, -0.1) is 0 Å². The minimum atomic E-state index is -0.743. The molecule has 32 heavy (non-hydrogen) atoms. The number of ketones is 1. The highest BCUT2D eigenvalue weighted by atomic mass is 16.5. The zero-order valence-electron chi connectivity index (χ0n) is 19.0.